The predicted octanol–water partition coefficient (Wildman–Crippen LogP) is 4.66. The van der Waals surface area contributed by atoms with Gasteiger partial charge in [0.2, 0.25) is 5.95 Å². The van der Waals surface area contributed by atoms with Crippen molar-refractivity contribution < 1.29 is 0 Å². The number of hydrogen-bond acceptors (Lipinski definition) is 6. The summed E-state index contributed by atoms with van der Waals surface area (Å²) in [4.78, 5) is 13.6. The molecule has 1 aliphatic heterocycles. The Morgan fingerprint density at radius 3 is 2.53 bits per heavy atom. The quantitative estimate of drug-likeness (QED) is 0.357. The van der Waals surface area contributed by atoms with Crippen molar-refractivity contribution in [2.75, 3.05) is 42.2 Å². The largest absolute Gasteiger partial charge is 0.397 e. The first-order valence-corrected chi connectivity index (χ1v) is 12.6. The van der Waals surface area contributed by atoms with Crippen molar-refractivity contribution in [2.24, 2.45) is 13.0 Å². The molecule has 0 atom stereocenters. The summed E-state index contributed by atoms with van der Waals surface area (Å²) in [5.74, 6) is 1.45. The Kier molecular flexibility index (Phi) is 6.91. The lowest BCUT2D eigenvalue weighted by Crippen LogP contribution is -2.38. The SMILES string of the molecule is C=C(c1cnc(N2CCC(CNCc3cn(C)c4ccccc34)CC2)nc1)N(C)c1ccccc1N. The Labute approximate surface area is 213 Å². The summed E-state index contributed by atoms with van der Waals surface area (Å²) in [7, 11) is 4.07. The molecule has 0 amide bonds. The van der Waals surface area contributed by atoms with E-state index in [0.29, 0.717) is 11.6 Å². The van der Waals surface area contributed by atoms with E-state index >= 15 is 0 Å². The molecule has 1 aliphatic rings. The normalized spacial score (nSPS) is 14.3. The van der Waals surface area contributed by atoms with E-state index in [9.17, 15) is 0 Å². The zero-order valence-electron chi connectivity index (χ0n) is 21.2. The van der Waals surface area contributed by atoms with Crippen LogP contribution in [0.4, 0.5) is 17.3 Å². The van der Waals surface area contributed by atoms with Crippen molar-refractivity contribution in [3.63, 3.8) is 0 Å². The van der Waals surface area contributed by atoms with Crippen molar-refractivity contribution in [3.05, 3.63) is 84.8 Å². The fraction of sp³-hybridized carbons (Fsp3) is 0.310. The van der Waals surface area contributed by atoms with Gasteiger partial charge in [0.15, 0.2) is 0 Å². The van der Waals surface area contributed by atoms with Gasteiger partial charge in [0.05, 0.1) is 11.4 Å². The average Bonchev–Trinajstić information content (AvgIpc) is 3.24. The highest BCUT2D eigenvalue weighted by atomic mass is 15.3. The lowest BCUT2D eigenvalue weighted by atomic mass is 9.97. The fourth-order valence-electron chi connectivity index (χ4n) is 5.08. The smallest absolute Gasteiger partial charge is 0.225 e. The zero-order valence-corrected chi connectivity index (χ0v) is 21.2. The molecule has 0 saturated carbocycles. The van der Waals surface area contributed by atoms with Crippen molar-refractivity contribution in [1.29, 1.82) is 0 Å². The molecule has 2 aromatic carbocycles. The van der Waals surface area contributed by atoms with Gasteiger partial charge in [0.1, 0.15) is 0 Å². The van der Waals surface area contributed by atoms with Gasteiger partial charge < -0.3 is 25.4 Å². The van der Waals surface area contributed by atoms with E-state index in [1.165, 1.54) is 16.5 Å². The minimum Gasteiger partial charge on any atom is -0.397 e. The molecule has 1 fully saturated rings. The predicted molar refractivity (Wildman–Crippen MR) is 150 cm³/mol. The highest BCUT2D eigenvalue weighted by Gasteiger charge is 2.21. The van der Waals surface area contributed by atoms with Crippen LogP contribution in [0.2, 0.25) is 0 Å². The number of aryl methyl sites for hydroxylation is 1. The number of anilines is 3. The van der Waals surface area contributed by atoms with Crippen LogP contribution in [-0.4, -0.2) is 41.2 Å². The van der Waals surface area contributed by atoms with Crippen LogP contribution in [0.3, 0.4) is 0 Å². The molecule has 0 radical (unpaired) electrons. The number of rotatable bonds is 8. The molecule has 4 aromatic rings. The second-order valence-electron chi connectivity index (χ2n) is 9.68. The van der Waals surface area contributed by atoms with E-state index in [-0.39, 0.29) is 0 Å². The molecule has 0 aliphatic carbocycles. The standard InChI is InChI=1S/C29H35N7/c1-21(35(3)28-11-7-5-9-26(28)30)23-18-32-29(33-19-23)36-14-12-22(13-15-36)16-31-17-24-20-34(2)27-10-6-4-8-25(24)27/h4-11,18-20,22,31H,1,12-17,30H2,2-3H3. The Morgan fingerprint density at radius 2 is 1.78 bits per heavy atom. The average molecular weight is 482 g/mol. The van der Waals surface area contributed by atoms with E-state index in [1.807, 2.05) is 48.6 Å². The molecule has 1 saturated heterocycles. The van der Waals surface area contributed by atoms with Crippen LogP contribution >= 0.6 is 0 Å². The van der Waals surface area contributed by atoms with Crippen LogP contribution in [0.15, 0.2) is 73.7 Å². The van der Waals surface area contributed by atoms with Gasteiger partial charge in [-0.1, -0.05) is 36.9 Å². The molecule has 2 aromatic heterocycles. The third-order valence-electron chi connectivity index (χ3n) is 7.30. The van der Waals surface area contributed by atoms with E-state index in [1.54, 1.807) is 0 Å². The zero-order chi connectivity index (χ0) is 25.1. The number of piperidine rings is 1. The molecule has 7 nitrogen and oxygen atoms in total. The number of aromatic nitrogens is 3. The van der Waals surface area contributed by atoms with Gasteiger partial charge in [-0.2, -0.15) is 0 Å². The van der Waals surface area contributed by atoms with Gasteiger partial charge in [0.25, 0.3) is 0 Å². The van der Waals surface area contributed by atoms with E-state index in [4.69, 9.17) is 5.73 Å². The third kappa shape index (κ3) is 4.93. The highest BCUT2D eigenvalue weighted by molar-refractivity contribution is 5.84. The van der Waals surface area contributed by atoms with Gasteiger partial charge >= 0.3 is 0 Å². The first kappa shape index (κ1) is 23.9. The molecular weight excluding hydrogens is 446 g/mol. The lowest BCUT2D eigenvalue weighted by Gasteiger charge is -2.32. The molecule has 0 spiro atoms. The summed E-state index contributed by atoms with van der Waals surface area (Å²) in [6.45, 7) is 8.11. The number of fused-ring (bicyclic) bond motifs is 1. The maximum absolute atomic E-state index is 6.13. The summed E-state index contributed by atoms with van der Waals surface area (Å²) in [6.07, 6.45) is 8.23. The second-order valence-corrected chi connectivity index (χ2v) is 9.68. The third-order valence-corrected chi connectivity index (χ3v) is 7.30. The van der Waals surface area contributed by atoms with Crippen LogP contribution in [0.1, 0.15) is 24.0 Å². The lowest BCUT2D eigenvalue weighted by molar-refractivity contribution is 0.380. The fourth-order valence-corrected chi connectivity index (χ4v) is 5.08. The number of nitrogens with one attached hydrogen (secondary N) is 1. The first-order chi connectivity index (χ1) is 17.5. The van der Waals surface area contributed by atoms with Gasteiger partial charge in [-0.25, -0.2) is 9.97 Å². The Hall–Kier alpha value is -3.84. The number of benzene rings is 2. The Balaban J connectivity index is 1.12. The summed E-state index contributed by atoms with van der Waals surface area (Å²) in [5.41, 5.74) is 12.1. The molecular formula is C29H35N7. The number of nitrogen functional groups attached to an aromatic ring is 1. The van der Waals surface area contributed by atoms with E-state index in [0.717, 1.165) is 61.9 Å². The highest BCUT2D eigenvalue weighted by Crippen LogP contribution is 2.28. The van der Waals surface area contributed by atoms with Gasteiger partial charge in [-0.15, -0.1) is 0 Å². The van der Waals surface area contributed by atoms with Gasteiger partial charge in [-0.05, 0) is 49.1 Å². The monoisotopic (exact) mass is 481 g/mol. The summed E-state index contributed by atoms with van der Waals surface area (Å²) in [6, 6.07) is 16.4. The molecule has 0 unspecified atom stereocenters. The summed E-state index contributed by atoms with van der Waals surface area (Å²) < 4.78 is 2.21. The number of nitrogens with two attached hydrogens (primary N) is 1. The van der Waals surface area contributed by atoms with Crippen LogP contribution in [0.25, 0.3) is 16.6 Å². The minimum atomic E-state index is 0.667. The molecule has 36 heavy (non-hydrogen) atoms. The van der Waals surface area contributed by atoms with Crippen molar-refractivity contribution in [2.45, 2.75) is 19.4 Å². The number of nitrogens with zero attached hydrogens (tertiary/aromatic N) is 5. The molecule has 0 bridgehead atoms. The maximum atomic E-state index is 6.13. The number of hydrogen-bond donors (Lipinski definition) is 2. The second kappa shape index (κ2) is 10.4. The van der Waals surface area contributed by atoms with Gasteiger partial charge in [-0.3, -0.25) is 0 Å². The molecule has 7 heteroatoms. The molecule has 186 valence electrons. The van der Waals surface area contributed by atoms with Crippen LogP contribution in [0.5, 0.6) is 0 Å². The Morgan fingerprint density at radius 1 is 1.08 bits per heavy atom. The van der Waals surface area contributed by atoms with Crippen LogP contribution < -0.4 is 20.9 Å². The van der Waals surface area contributed by atoms with E-state index in [2.05, 4.69) is 68.8 Å². The molecule has 5 rings (SSSR count). The van der Waals surface area contributed by atoms with Crippen molar-refractivity contribution in [1.82, 2.24) is 19.9 Å². The molecule has 3 N–H and O–H groups in total. The molecule has 3 heterocycles. The van der Waals surface area contributed by atoms with Crippen molar-refractivity contribution in [3.8, 4) is 0 Å². The Bertz CT molecular complexity index is 1330. The van der Waals surface area contributed by atoms with Crippen LogP contribution in [-0.2, 0) is 13.6 Å². The van der Waals surface area contributed by atoms with Crippen molar-refractivity contribution >= 4 is 33.9 Å². The first-order valence-electron chi connectivity index (χ1n) is 12.6. The van der Waals surface area contributed by atoms with Gasteiger partial charge in [0, 0.05) is 74.5 Å². The summed E-state index contributed by atoms with van der Waals surface area (Å²) in [5, 5.41) is 5.03. The maximum Gasteiger partial charge on any atom is 0.225 e. The summed E-state index contributed by atoms with van der Waals surface area (Å²) >= 11 is 0. The topological polar surface area (TPSA) is 75.2 Å². The minimum absolute atomic E-state index is 0.667. The number of para-hydroxylation sites is 3. The van der Waals surface area contributed by atoms with Crippen LogP contribution in [0, 0.1) is 5.92 Å². The van der Waals surface area contributed by atoms with E-state index < -0.39 is 0 Å².